The Morgan fingerprint density at radius 3 is 2.31 bits per heavy atom. The number of carbonyl (C=O) groups excluding carboxylic acids is 2. The van der Waals surface area contributed by atoms with Crippen LogP contribution in [0.3, 0.4) is 0 Å². The van der Waals surface area contributed by atoms with E-state index < -0.39 is 18.0 Å². The third-order valence-corrected chi connectivity index (χ3v) is 6.10. The number of hydrogen-bond donors (Lipinski definition) is 1. The SMILES string of the molecule is CC(=O)NC[C@H]1CN(c2ccc(-c3ccc(CN(CCCCF)CCCCF)cc3)c(F)c2)C(=O)O1. The second-order valence-electron chi connectivity index (χ2n) is 8.98. The number of ether oxygens (including phenoxy) is 1. The summed E-state index contributed by atoms with van der Waals surface area (Å²) in [5.74, 6) is -0.676. The van der Waals surface area contributed by atoms with E-state index in [2.05, 4.69) is 10.2 Å². The zero-order valence-electron chi connectivity index (χ0n) is 20.7. The van der Waals surface area contributed by atoms with Crippen LogP contribution in [-0.2, 0) is 16.1 Å². The van der Waals surface area contributed by atoms with E-state index in [-0.39, 0.29) is 32.3 Å². The second-order valence-corrected chi connectivity index (χ2v) is 8.98. The maximum absolute atomic E-state index is 15.0. The standard InChI is InChI=1S/C27H34F3N3O3/c1-20(34)31-17-24-19-33(27(35)36-24)23-10-11-25(26(30)16-23)22-8-6-21(7-9-22)18-32(14-4-2-12-28)15-5-3-13-29/h6-11,16,24H,2-5,12-15,17-19H2,1H3,(H,31,34)/t24-/m0/s1. The number of anilines is 1. The molecule has 196 valence electrons. The molecule has 0 saturated carbocycles. The fraction of sp³-hybridized carbons (Fsp3) is 0.481. The molecule has 0 radical (unpaired) electrons. The zero-order valence-corrected chi connectivity index (χ0v) is 20.7. The van der Waals surface area contributed by atoms with Crippen molar-refractivity contribution < 1.29 is 27.5 Å². The summed E-state index contributed by atoms with van der Waals surface area (Å²) in [4.78, 5) is 26.9. The van der Waals surface area contributed by atoms with Gasteiger partial charge in [0.2, 0.25) is 5.91 Å². The van der Waals surface area contributed by atoms with Crippen LogP contribution in [0, 0.1) is 5.82 Å². The lowest BCUT2D eigenvalue weighted by Gasteiger charge is -2.22. The molecule has 1 saturated heterocycles. The minimum atomic E-state index is -0.579. The minimum Gasteiger partial charge on any atom is -0.442 e. The van der Waals surface area contributed by atoms with E-state index in [1.165, 1.54) is 17.9 Å². The molecule has 1 fully saturated rings. The van der Waals surface area contributed by atoms with Crippen molar-refractivity contribution in [3.8, 4) is 11.1 Å². The molecule has 1 N–H and O–H groups in total. The van der Waals surface area contributed by atoms with Crippen LogP contribution in [0.1, 0.15) is 38.2 Å². The van der Waals surface area contributed by atoms with Crippen molar-refractivity contribution in [2.75, 3.05) is 44.4 Å². The maximum Gasteiger partial charge on any atom is 0.414 e. The molecule has 1 aliphatic heterocycles. The number of carbonyl (C=O) groups is 2. The Hall–Kier alpha value is -3.07. The Balaban J connectivity index is 1.64. The normalized spacial score (nSPS) is 15.4. The van der Waals surface area contributed by atoms with Crippen molar-refractivity contribution in [1.82, 2.24) is 10.2 Å². The van der Waals surface area contributed by atoms with E-state index in [9.17, 15) is 18.4 Å². The molecular formula is C27H34F3N3O3. The summed E-state index contributed by atoms with van der Waals surface area (Å²) < 4.78 is 45.2. The van der Waals surface area contributed by atoms with Gasteiger partial charge in [-0.3, -0.25) is 23.4 Å². The average Bonchev–Trinajstić information content (AvgIpc) is 3.24. The number of rotatable bonds is 14. The van der Waals surface area contributed by atoms with Gasteiger partial charge in [-0.05, 0) is 68.1 Å². The van der Waals surface area contributed by atoms with Crippen LogP contribution in [0.15, 0.2) is 42.5 Å². The van der Waals surface area contributed by atoms with E-state index in [4.69, 9.17) is 4.74 Å². The fourth-order valence-corrected chi connectivity index (χ4v) is 4.18. The van der Waals surface area contributed by atoms with E-state index in [0.717, 1.165) is 31.5 Å². The van der Waals surface area contributed by atoms with Gasteiger partial charge in [0.15, 0.2) is 0 Å². The van der Waals surface area contributed by atoms with Crippen molar-refractivity contribution in [3.63, 3.8) is 0 Å². The molecule has 0 aromatic heterocycles. The largest absolute Gasteiger partial charge is 0.442 e. The highest BCUT2D eigenvalue weighted by Gasteiger charge is 2.32. The second kappa shape index (κ2) is 13.9. The molecule has 0 spiro atoms. The van der Waals surface area contributed by atoms with Crippen molar-refractivity contribution >= 4 is 17.7 Å². The molecule has 3 rings (SSSR count). The Kier molecular flexibility index (Phi) is 10.6. The number of amides is 2. The van der Waals surface area contributed by atoms with Crippen LogP contribution in [-0.4, -0.2) is 62.5 Å². The third kappa shape index (κ3) is 7.98. The Labute approximate surface area is 210 Å². The Bertz CT molecular complexity index is 994. The third-order valence-electron chi connectivity index (χ3n) is 6.10. The summed E-state index contributed by atoms with van der Waals surface area (Å²) in [7, 11) is 0. The first-order valence-corrected chi connectivity index (χ1v) is 12.4. The summed E-state index contributed by atoms with van der Waals surface area (Å²) in [6.07, 6.45) is 1.45. The van der Waals surface area contributed by atoms with Gasteiger partial charge in [0.25, 0.3) is 0 Å². The molecule has 0 unspecified atom stereocenters. The van der Waals surface area contributed by atoms with Crippen LogP contribution < -0.4 is 10.2 Å². The van der Waals surface area contributed by atoms with Crippen molar-refractivity contribution in [2.45, 2.75) is 45.3 Å². The van der Waals surface area contributed by atoms with Crippen LogP contribution in [0.2, 0.25) is 0 Å². The lowest BCUT2D eigenvalue weighted by molar-refractivity contribution is -0.119. The van der Waals surface area contributed by atoms with E-state index >= 15 is 4.39 Å². The smallest absolute Gasteiger partial charge is 0.414 e. The number of unbranched alkanes of at least 4 members (excludes halogenated alkanes) is 2. The summed E-state index contributed by atoms with van der Waals surface area (Å²) in [6, 6.07) is 12.2. The van der Waals surface area contributed by atoms with Gasteiger partial charge < -0.3 is 10.1 Å². The van der Waals surface area contributed by atoms with Gasteiger partial charge in [0.1, 0.15) is 11.9 Å². The van der Waals surface area contributed by atoms with Crippen LogP contribution in [0.25, 0.3) is 11.1 Å². The highest BCUT2D eigenvalue weighted by Crippen LogP contribution is 2.29. The van der Waals surface area contributed by atoms with Crippen molar-refractivity contribution in [3.05, 3.63) is 53.8 Å². The van der Waals surface area contributed by atoms with Crippen molar-refractivity contribution in [2.24, 2.45) is 0 Å². The summed E-state index contributed by atoms with van der Waals surface area (Å²) in [5.41, 5.74) is 2.55. The first kappa shape index (κ1) is 27.5. The number of halogens is 3. The number of nitrogens with one attached hydrogen (secondary N) is 1. The molecular weight excluding hydrogens is 471 g/mol. The highest BCUT2D eigenvalue weighted by molar-refractivity contribution is 5.90. The summed E-state index contributed by atoms with van der Waals surface area (Å²) >= 11 is 0. The van der Waals surface area contributed by atoms with E-state index in [1.54, 1.807) is 12.1 Å². The number of hydrogen-bond acceptors (Lipinski definition) is 4. The lowest BCUT2D eigenvalue weighted by atomic mass is 10.0. The van der Waals surface area contributed by atoms with Gasteiger partial charge in [0.05, 0.1) is 32.1 Å². The first-order chi connectivity index (χ1) is 17.4. The Morgan fingerprint density at radius 1 is 1.06 bits per heavy atom. The lowest BCUT2D eigenvalue weighted by Crippen LogP contribution is -2.33. The fourth-order valence-electron chi connectivity index (χ4n) is 4.18. The molecule has 2 aromatic rings. The minimum absolute atomic E-state index is 0.202. The first-order valence-electron chi connectivity index (χ1n) is 12.4. The molecule has 6 nitrogen and oxygen atoms in total. The van der Waals surface area contributed by atoms with Gasteiger partial charge in [-0.25, -0.2) is 9.18 Å². The molecule has 1 atom stereocenters. The average molecular weight is 506 g/mol. The van der Waals surface area contributed by atoms with Crippen molar-refractivity contribution in [1.29, 1.82) is 0 Å². The van der Waals surface area contributed by atoms with Gasteiger partial charge >= 0.3 is 6.09 Å². The predicted molar refractivity (Wildman–Crippen MR) is 134 cm³/mol. The molecule has 1 heterocycles. The highest BCUT2D eigenvalue weighted by atomic mass is 19.1. The summed E-state index contributed by atoms with van der Waals surface area (Å²) in [6.45, 7) is 3.29. The predicted octanol–water partition coefficient (Wildman–Crippen LogP) is 5.26. The topological polar surface area (TPSA) is 61.9 Å². The van der Waals surface area contributed by atoms with E-state index in [1.807, 2.05) is 24.3 Å². The number of benzene rings is 2. The maximum atomic E-state index is 15.0. The van der Waals surface area contributed by atoms with Gasteiger partial charge in [0, 0.05) is 19.0 Å². The number of nitrogens with zero attached hydrogens (tertiary/aromatic N) is 2. The zero-order chi connectivity index (χ0) is 25.9. The molecule has 2 aromatic carbocycles. The van der Waals surface area contributed by atoms with Crippen LogP contribution in [0.4, 0.5) is 23.7 Å². The monoisotopic (exact) mass is 505 g/mol. The quantitative estimate of drug-likeness (QED) is 0.356. The number of alkyl halides is 2. The van der Waals surface area contributed by atoms with Gasteiger partial charge in [-0.1, -0.05) is 24.3 Å². The van der Waals surface area contributed by atoms with E-state index in [0.29, 0.717) is 36.2 Å². The van der Waals surface area contributed by atoms with Crippen LogP contribution in [0.5, 0.6) is 0 Å². The molecule has 2 amide bonds. The molecule has 9 heteroatoms. The number of cyclic esters (lactones) is 1. The molecule has 36 heavy (non-hydrogen) atoms. The molecule has 1 aliphatic rings. The van der Waals surface area contributed by atoms with Gasteiger partial charge in [-0.15, -0.1) is 0 Å². The van der Waals surface area contributed by atoms with Gasteiger partial charge in [-0.2, -0.15) is 0 Å². The van der Waals surface area contributed by atoms with Crippen LogP contribution >= 0.6 is 0 Å². The summed E-state index contributed by atoms with van der Waals surface area (Å²) in [5, 5.41) is 2.61. The molecule has 0 aliphatic carbocycles. The molecule has 0 bridgehead atoms. The Morgan fingerprint density at radius 2 is 1.72 bits per heavy atom.